The van der Waals surface area contributed by atoms with Crippen molar-refractivity contribution in [1.29, 1.82) is 0 Å². The summed E-state index contributed by atoms with van der Waals surface area (Å²) in [6.07, 6.45) is 1.14. The molecule has 5 N–H and O–H groups in total. The zero-order valence-corrected chi connectivity index (χ0v) is 20.0. The van der Waals surface area contributed by atoms with E-state index in [0.717, 1.165) is 0 Å². The molecule has 5 atom stereocenters. The van der Waals surface area contributed by atoms with Gasteiger partial charge in [-0.25, -0.2) is 0 Å². The number of fused-ring (bicyclic) bond motifs is 1. The van der Waals surface area contributed by atoms with Gasteiger partial charge in [0, 0.05) is 6.54 Å². The second-order valence-corrected chi connectivity index (χ2v) is 8.87. The summed E-state index contributed by atoms with van der Waals surface area (Å²) in [7, 11) is 0. The first-order valence-corrected chi connectivity index (χ1v) is 11.9. The van der Waals surface area contributed by atoms with Crippen molar-refractivity contribution in [2.45, 2.75) is 69.7 Å². The van der Waals surface area contributed by atoms with Crippen LogP contribution in [-0.2, 0) is 24.0 Å². The van der Waals surface area contributed by atoms with Gasteiger partial charge in [-0.15, -0.1) is 0 Å². The first-order valence-electron chi connectivity index (χ1n) is 11.9. The zero-order valence-electron chi connectivity index (χ0n) is 20.0. The minimum atomic E-state index is -1.28. The zero-order chi connectivity index (χ0) is 25.5. The van der Waals surface area contributed by atoms with Crippen molar-refractivity contribution in [3.8, 4) is 0 Å². The highest BCUT2D eigenvalue weighted by atomic mass is 16.3. The maximum Gasteiger partial charge on any atom is 0.245 e. The van der Waals surface area contributed by atoms with Crippen molar-refractivity contribution in [2.24, 2.45) is 0 Å². The maximum absolute atomic E-state index is 13.1. The maximum atomic E-state index is 13.1. The molecule has 0 aromatic heterocycles. The molecule has 0 radical (unpaired) electrons. The number of rotatable bonds is 3. The van der Waals surface area contributed by atoms with Crippen molar-refractivity contribution in [1.82, 2.24) is 26.2 Å². The highest BCUT2D eigenvalue weighted by Crippen LogP contribution is 2.20. The topological polar surface area (TPSA) is 157 Å². The number of hydrogen-bond acceptors (Lipinski definition) is 6. The molecule has 0 saturated carbocycles. The lowest BCUT2D eigenvalue weighted by Gasteiger charge is -2.30. The van der Waals surface area contributed by atoms with E-state index < -0.39 is 60.4 Å². The van der Waals surface area contributed by atoms with Crippen LogP contribution in [0.4, 0.5) is 0 Å². The van der Waals surface area contributed by atoms with Crippen LogP contribution in [0, 0.1) is 0 Å². The third-order valence-corrected chi connectivity index (χ3v) is 6.35. The molecule has 2 saturated heterocycles. The fraction of sp³-hybridized carbons (Fsp3) is 0.542. The number of hydrogen-bond donors (Lipinski definition) is 5. The summed E-state index contributed by atoms with van der Waals surface area (Å²) in [5.74, 6) is -2.64. The Morgan fingerprint density at radius 2 is 1.57 bits per heavy atom. The Labute approximate surface area is 204 Å². The predicted molar refractivity (Wildman–Crippen MR) is 126 cm³/mol. The molecule has 5 amide bonds. The summed E-state index contributed by atoms with van der Waals surface area (Å²) in [5.41, 5.74) is 0.650. The van der Waals surface area contributed by atoms with Gasteiger partial charge < -0.3 is 31.3 Å². The third kappa shape index (κ3) is 6.36. The molecule has 2 fully saturated rings. The summed E-state index contributed by atoms with van der Waals surface area (Å²) in [4.78, 5) is 66.0. The van der Waals surface area contributed by atoms with E-state index in [-0.39, 0.29) is 18.7 Å². The molecule has 11 heteroatoms. The molecule has 1 aromatic carbocycles. The van der Waals surface area contributed by atoms with Gasteiger partial charge in [0.15, 0.2) is 0 Å². The summed E-state index contributed by atoms with van der Waals surface area (Å²) in [6.45, 7) is 2.96. The van der Waals surface area contributed by atoms with Crippen LogP contribution in [0.1, 0.15) is 51.1 Å². The number of aliphatic hydroxyl groups excluding tert-OH is 1. The minimum absolute atomic E-state index is 0.166. The molecule has 2 aliphatic heterocycles. The van der Waals surface area contributed by atoms with Gasteiger partial charge in [0.05, 0.1) is 19.1 Å². The molecule has 0 aliphatic carbocycles. The number of nitrogens with one attached hydrogen (secondary N) is 4. The Morgan fingerprint density at radius 1 is 0.914 bits per heavy atom. The van der Waals surface area contributed by atoms with Gasteiger partial charge in [-0.05, 0) is 31.7 Å². The van der Waals surface area contributed by atoms with Gasteiger partial charge in [0.1, 0.15) is 24.2 Å². The van der Waals surface area contributed by atoms with E-state index in [2.05, 4.69) is 21.3 Å². The van der Waals surface area contributed by atoms with Crippen LogP contribution in [0.3, 0.4) is 0 Å². The van der Waals surface area contributed by atoms with Crippen molar-refractivity contribution in [3.63, 3.8) is 0 Å². The van der Waals surface area contributed by atoms with Gasteiger partial charge in [0.2, 0.25) is 29.5 Å². The van der Waals surface area contributed by atoms with Gasteiger partial charge in [-0.2, -0.15) is 0 Å². The van der Waals surface area contributed by atoms with Crippen LogP contribution < -0.4 is 21.3 Å². The number of nitrogens with zero attached hydrogens (tertiary/aromatic N) is 1. The van der Waals surface area contributed by atoms with Crippen molar-refractivity contribution in [3.05, 3.63) is 35.9 Å². The lowest BCUT2D eigenvalue weighted by molar-refractivity contribution is -0.142. The Kier molecular flexibility index (Phi) is 8.80. The predicted octanol–water partition coefficient (Wildman–Crippen LogP) is -0.885. The van der Waals surface area contributed by atoms with Gasteiger partial charge in [-0.3, -0.25) is 24.0 Å². The molecule has 2 aliphatic rings. The number of aliphatic hydroxyl groups is 1. The normalized spacial score (nSPS) is 29.1. The lowest BCUT2D eigenvalue weighted by atomic mass is 10.0. The third-order valence-electron chi connectivity index (χ3n) is 6.35. The standard InChI is InChI=1S/C24H33N5O6/c1-3-16-21(32)28-18(13-30)22(33)27-17(15-8-5-4-6-9-15)12-20(31)25-14(2)24(35)29-11-7-10-19(29)23(34)26-16/h4-6,8-9,14,16-19,30H,3,7,10-13H2,1-2H3,(H,25,31)(H,26,34)(H,27,33)(H,28,32). The van der Waals surface area contributed by atoms with Crippen molar-refractivity contribution in [2.75, 3.05) is 13.2 Å². The molecule has 0 spiro atoms. The Morgan fingerprint density at radius 3 is 2.23 bits per heavy atom. The number of carbonyl (C=O) groups excluding carboxylic acids is 5. The fourth-order valence-corrected chi connectivity index (χ4v) is 4.40. The highest BCUT2D eigenvalue weighted by molar-refractivity contribution is 5.96. The second kappa shape index (κ2) is 11.8. The van der Waals surface area contributed by atoms with E-state index in [0.29, 0.717) is 24.9 Å². The average Bonchev–Trinajstić information content (AvgIpc) is 3.34. The Bertz CT molecular complexity index is 955. The summed E-state index contributed by atoms with van der Waals surface area (Å²) in [6, 6.07) is 4.18. The largest absolute Gasteiger partial charge is 0.394 e. The van der Waals surface area contributed by atoms with E-state index in [1.165, 1.54) is 4.90 Å². The highest BCUT2D eigenvalue weighted by Gasteiger charge is 2.38. The van der Waals surface area contributed by atoms with Crippen LogP contribution in [0.2, 0.25) is 0 Å². The summed E-state index contributed by atoms with van der Waals surface area (Å²) in [5, 5.41) is 20.3. The first-order chi connectivity index (χ1) is 16.7. The van der Waals surface area contributed by atoms with E-state index in [4.69, 9.17) is 0 Å². The van der Waals surface area contributed by atoms with Gasteiger partial charge >= 0.3 is 0 Å². The molecule has 190 valence electrons. The average molecular weight is 488 g/mol. The first kappa shape index (κ1) is 26.1. The molecule has 2 heterocycles. The summed E-state index contributed by atoms with van der Waals surface area (Å²) >= 11 is 0. The van der Waals surface area contributed by atoms with Crippen molar-refractivity contribution >= 4 is 29.5 Å². The molecular formula is C24H33N5O6. The molecule has 3 rings (SSSR count). The van der Waals surface area contributed by atoms with Crippen LogP contribution in [0.15, 0.2) is 30.3 Å². The molecular weight excluding hydrogens is 454 g/mol. The number of carbonyl (C=O) groups is 5. The molecule has 5 unspecified atom stereocenters. The lowest BCUT2D eigenvalue weighted by Crippen LogP contribution is -2.58. The summed E-state index contributed by atoms with van der Waals surface area (Å²) < 4.78 is 0. The molecule has 0 bridgehead atoms. The molecule has 35 heavy (non-hydrogen) atoms. The number of amides is 5. The minimum Gasteiger partial charge on any atom is -0.394 e. The van der Waals surface area contributed by atoms with Crippen LogP contribution >= 0.6 is 0 Å². The molecule has 1 aromatic rings. The van der Waals surface area contributed by atoms with E-state index in [1.54, 1.807) is 44.2 Å². The van der Waals surface area contributed by atoms with E-state index in [9.17, 15) is 29.1 Å². The second-order valence-electron chi connectivity index (χ2n) is 8.87. The van der Waals surface area contributed by atoms with Gasteiger partial charge in [0.25, 0.3) is 0 Å². The van der Waals surface area contributed by atoms with Crippen LogP contribution in [-0.4, -0.2) is 76.9 Å². The smallest absolute Gasteiger partial charge is 0.245 e. The van der Waals surface area contributed by atoms with Crippen LogP contribution in [0.25, 0.3) is 0 Å². The quantitative estimate of drug-likeness (QED) is 0.373. The Balaban J connectivity index is 1.92. The molecule has 11 nitrogen and oxygen atoms in total. The van der Waals surface area contributed by atoms with Gasteiger partial charge in [-0.1, -0.05) is 37.3 Å². The van der Waals surface area contributed by atoms with E-state index in [1.807, 2.05) is 0 Å². The number of benzene rings is 1. The van der Waals surface area contributed by atoms with Crippen LogP contribution in [0.5, 0.6) is 0 Å². The Hall–Kier alpha value is -3.47. The van der Waals surface area contributed by atoms with E-state index >= 15 is 0 Å². The monoisotopic (exact) mass is 487 g/mol. The fourth-order valence-electron chi connectivity index (χ4n) is 4.40. The SMILES string of the molecule is CCC1NC(=O)C2CCCN2C(=O)C(C)NC(=O)CC(c2ccccc2)NC(=O)C(CO)NC1=O. The van der Waals surface area contributed by atoms with Crippen molar-refractivity contribution < 1.29 is 29.1 Å².